The van der Waals surface area contributed by atoms with Crippen LogP contribution in [0.25, 0.3) is 5.69 Å². The second-order valence-electron chi connectivity index (χ2n) is 5.87. The van der Waals surface area contributed by atoms with E-state index in [0.29, 0.717) is 15.8 Å². The lowest BCUT2D eigenvalue weighted by Gasteiger charge is -2.09. The molecule has 0 radical (unpaired) electrons. The van der Waals surface area contributed by atoms with Crippen molar-refractivity contribution in [3.63, 3.8) is 0 Å². The summed E-state index contributed by atoms with van der Waals surface area (Å²) in [5, 5.41) is 17.5. The van der Waals surface area contributed by atoms with Gasteiger partial charge in [0.05, 0.1) is 16.3 Å². The Morgan fingerprint density at radius 1 is 1.21 bits per heavy atom. The Morgan fingerprint density at radius 2 is 1.93 bits per heavy atom. The number of hydrogen-bond acceptors (Lipinski definition) is 5. The van der Waals surface area contributed by atoms with Gasteiger partial charge in [-0.25, -0.2) is 4.68 Å². The van der Waals surface area contributed by atoms with Crippen LogP contribution in [0, 0.1) is 10.1 Å². The van der Waals surface area contributed by atoms with E-state index in [2.05, 4.69) is 26.3 Å². The van der Waals surface area contributed by atoms with Crippen LogP contribution in [-0.4, -0.2) is 20.6 Å². The number of nitro benzene ring substituents is 1. The number of benzene rings is 2. The number of halogens is 1. The number of anilines is 1. The predicted molar refractivity (Wildman–Crippen MR) is 108 cm³/mol. The largest absolute Gasteiger partial charge is 0.319 e. The van der Waals surface area contributed by atoms with Gasteiger partial charge in [0.15, 0.2) is 5.69 Å². The van der Waals surface area contributed by atoms with E-state index in [4.69, 9.17) is 0 Å². The maximum atomic E-state index is 12.5. The van der Waals surface area contributed by atoms with Gasteiger partial charge in [-0.3, -0.25) is 19.7 Å². The van der Waals surface area contributed by atoms with E-state index in [-0.39, 0.29) is 11.4 Å². The van der Waals surface area contributed by atoms with Crippen LogP contribution in [0.2, 0.25) is 0 Å². The molecule has 1 heterocycles. The fraction of sp³-hybridized carbons (Fsp3) is 0.105. The standard InChI is InChI=1S/C19H15BrN4O4/c1-2-12-3-5-13(6-4-12)23-10-9-17(25)18(22-23)19(26)21-16-8-7-14(24(27)28)11-15(16)20/h3-11H,2H2,1H3,(H,21,26). The van der Waals surface area contributed by atoms with Gasteiger partial charge < -0.3 is 5.32 Å². The van der Waals surface area contributed by atoms with E-state index in [0.717, 1.165) is 12.0 Å². The first-order valence-corrected chi connectivity index (χ1v) is 9.13. The molecule has 0 aliphatic heterocycles. The van der Waals surface area contributed by atoms with Crippen LogP contribution < -0.4 is 10.7 Å². The Balaban J connectivity index is 1.89. The number of nitro groups is 1. The van der Waals surface area contributed by atoms with E-state index in [9.17, 15) is 19.7 Å². The first kappa shape index (κ1) is 19.4. The number of carbonyl (C=O) groups is 1. The smallest absolute Gasteiger partial charge is 0.280 e. The summed E-state index contributed by atoms with van der Waals surface area (Å²) in [5.41, 5.74) is 1.22. The molecule has 28 heavy (non-hydrogen) atoms. The monoisotopic (exact) mass is 442 g/mol. The van der Waals surface area contributed by atoms with Crippen molar-refractivity contribution in [2.75, 3.05) is 5.32 Å². The second kappa shape index (κ2) is 8.13. The van der Waals surface area contributed by atoms with Gasteiger partial charge in [0.25, 0.3) is 11.6 Å². The molecule has 2 aromatic carbocycles. The van der Waals surface area contributed by atoms with Crippen LogP contribution in [0.5, 0.6) is 0 Å². The molecule has 0 aliphatic carbocycles. The van der Waals surface area contributed by atoms with Crippen molar-refractivity contribution < 1.29 is 9.72 Å². The van der Waals surface area contributed by atoms with Gasteiger partial charge in [-0.05, 0) is 46.1 Å². The lowest BCUT2D eigenvalue weighted by Crippen LogP contribution is -2.25. The quantitative estimate of drug-likeness (QED) is 0.478. The molecule has 0 saturated heterocycles. The number of nitrogens with zero attached hydrogens (tertiary/aromatic N) is 3. The lowest BCUT2D eigenvalue weighted by molar-refractivity contribution is -0.384. The Morgan fingerprint density at radius 3 is 2.54 bits per heavy atom. The topological polar surface area (TPSA) is 107 Å². The molecular formula is C19H15BrN4O4. The summed E-state index contributed by atoms with van der Waals surface area (Å²) in [6.45, 7) is 2.05. The molecule has 3 aromatic rings. The molecule has 0 aliphatic rings. The third kappa shape index (κ3) is 4.15. The minimum atomic E-state index is -0.709. The molecule has 1 aromatic heterocycles. The molecule has 0 bridgehead atoms. The van der Waals surface area contributed by atoms with E-state index < -0.39 is 16.3 Å². The van der Waals surface area contributed by atoms with Crippen LogP contribution in [0.1, 0.15) is 23.0 Å². The highest BCUT2D eigenvalue weighted by Crippen LogP contribution is 2.27. The van der Waals surface area contributed by atoms with Crippen LogP contribution in [0.3, 0.4) is 0 Å². The molecule has 0 spiro atoms. The minimum absolute atomic E-state index is 0.124. The zero-order chi connectivity index (χ0) is 20.3. The number of aromatic nitrogens is 2. The van der Waals surface area contributed by atoms with Gasteiger partial charge in [0, 0.05) is 28.9 Å². The average molecular weight is 443 g/mol. The molecule has 0 unspecified atom stereocenters. The highest BCUT2D eigenvalue weighted by molar-refractivity contribution is 9.10. The summed E-state index contributed by atoms with van der Waals surface area (Å²) < 4.78 is 1.77. The number of carbonyl (C=O) groups excluding carboxylic acids is 1. The Hall–Kier alpha value is -3.33. The summed E-state index contributed by atoms with van der Waals surface area (Å²) in [7, 11) is 0. The first-order chi connectivity index (χ1) is 13.4. The second-order valence-corrected chi connectivity index (χ2v) is 6.72. The van der Waals surface area contributed by atoms with E-state index in [1.54, 1.807) is 0 Å². The highest BCUT2D eigenvalue weighted by atomic mass is 79.9. The number of amides is 1. The van der Waals surface area contributed by atoms with Gasteiger partial charge in [0.2, 0.25) is 5.43 Å². The molecule has 8 nitrogen and oxygen atoms in total. The number of rotatable bonds is 5. The van der Waals surface area contributed by atoms with Crippen molar-refractivity contribution in [1.82, 2.24) is 9.78 Å². The van der Waals surface area contributed by atoms with E-state index in [1.165, 1.54) is 35.1 Å². The molecule has 0 fully saturated rings. The van der Waals surface area contributed by atoms with Crippen molar-refractivity contribution >= 4 is 33.2 Å². The van der Waals surface area contributed by atoms with Crippen molar-refractivity contribution in [3.8, 4) is 5.69 Å². The highest BCUT2D eigenvalue weighted by Gasteiger charge is 2.16. The number of aryl methyl sites for hydroxylation is 1. The van der Waals surface area contributed by atoms with E-state index >= 15 is 0 Å². The molecule has 0 atom stereocenters. The first-order valence-electron chi connectivity index (χ1n) is 8.33. The van der Waals surface area contributed by atoms with Crippen LogP contribution in [0.15, 0.2) is 64.0 Å². The maximum Gasteiger partial charge on any atom is 0.280 e. The third-order valence-corrected chi connectivity index (χ3v) is 4.70. The third-order valence-electron chi connectivity index (χ3n) is 4.04. The zero-order valence-electron chi connectivity index (χ0n) is 14.8. The summed E-state index contributed by atoms with van der Waals surface area (Å²) in [5.74, 6) is -0.709. The fourth-order valence-electron chi connectivity index (χ4n) is 2.49. The summed E-state index contributed by atoms with van der Waals surface area (Å²) >= 11 is 3.18. The average Bonchev–Trinajstić information content (AvgIpc) is 2.69. The summed E-state index contributed by atoms with van der Waals surface area (Å²) in [6, 6.07) is 12.8. The van der Waals surface area contributed by atoms with E-state index in [1.807, 2.05) is 31.2 Å². The SMILES string of the molecule is CCc1ccc(-n2ccc(=O)c(C(=O)Nc3ccc([N+](=O)[O-])cc3Br)n2)cc1. The normalized spacial score (nSPS) is 10.5. The van der Waals surface area contributed by atoms with Crippen LogP contribution >= 0.6 is 15.9 Å². The molecule has 9 heteroatoms. The zero-order valence-corrected chi connectivity index (χ0v) is 16.3. The Labute approximate surface area is 168 Å². The molecule has 1 N–H and O–H groups in total. The lowest BCUT2D eigenvalue weighted by atomic mass is 10.1. The van der Waals surface area contributed by atoms with Crippen molar-refractivity contribution in [3.05, 3.63) is 90.8 Å². The predicted octanol–water partition coefficient (Wildman–Crippen LogP) is 3.72. The van der Waals surface area contributed by atoms with Gasteiger partial charge in [-0.1, -0.05) is 19.1 Å². The minimum Gasteiger partial charge on any atom is -0.319 e. The molecule has 1 amide bonds. The van der Waals surface area contributed by atoms with Gasteiger partial charge >= 0.3 is 0 Å². The van der Waals surface area contributed by atoms with Gasteiger partial charge in [-0.15, -0.1) is 0 Å². The maximum absolute atomic E-state index is 12.5. The summed E-state index contributed by atoms with van der Waals surface area (Å²) in [4.78, 5) is 34.9. The molecule has 3 rings (SSSR count). The molecular weight excluding hydrogens is 428 g/mol. The van der Waals surface area contributed by atoms with Crippen LogP contribution in [0.4, 0.5) is 11.4 Å². The van der Waals surface area contributed by atoms with Crippen LogP contribution in [-0.2, 0) is 6.42 Å². The number of hydrogen-bond donors (Lipinski definition) is 1. The Bertz CT molecular complexity index is 1110. The van der Waals surface area contributed by atoms with Crippen molar-refractivity contribution in [2.45, 2.75) is 13.3 Å². The van der Waals surface area contributed by atoms with Gasteiger partial charge in [0.1, 0.15) is 0 Å². The number of nitrogens with one attached hydrogen (secondary N) is 1. The summed E-state index contributed by atoms with van der Waals surface area (Å²) in [6.07, 6.45) is 2.39. The molecule has 0 saturated carbocycles. The fourth-order valence-corrected chi connectivity index (χ4v) is 2.96. The van der Waals surface area contributed by atoms with Crippen molar-refractivity contribution in [2.24, 2.45) is 0 Å². The van der Waals surface area contributed by atoms with Crippen molar-refractivity contribution in [1.29, 1.82) is 0 Å². The Kier molecular flexibility index (Phi) is 5.65. The van der Waals surface area contributed by atoms with Gasteiger partial charge in [-0.2, -0.15) is 5.10 Å². The molecule has 142 valence electrons. The number of non-ortho nitro benzene ring substituents is 1.